The quantitative estimate of drug-likeness (QED) is 0.769. The van der Waals surface area contributed by atoms with Crippen LogP contribution in [-0.2, 0) is 6.54 Å². The summed E-state index contributed by atoms with van der Waals surface area (Å²) in [5, 5.41) is 2.95. The van der Waals surface area contributed by atoms with Crippen LogP contribution in [0.2, 0.25) is 0 Å². The molecule has 0 fully saturated rings. The highest BCUT2D eigenvalue weighted by atomic mass is 19.1. The van der Waals surface area contributed by atoms with Crippen LogP contribution in [0.4, 0.5) is 14.5 Å². The summed E-state index contributed by atoms with van der Waals surface area (Å²) < 4.78 is 32.9. The molecule has 1 aliphatic rings. The fourth-order valence-electron chi connectivity index (χ4n) is 3.01. The summed E-state index contributed by atoms with van der Waals surface area (Å²) >= 11 is 0. The molecule has 0 radical (unpaired) electrons. The number of furan rings is 1. The summed E-state index contributed by atoms with van der Waals surface area (Å²) in [5.41, 5.74) is 1.24. The number of hydrogen-bond acceptors (Lipinski definition) is 3. The summed E-state index contributed by atoms with van der Waals surface area (Å²) in [6.45, 7) is 0.217. The Morgan fingerprint density at radius 1 is 1.08 bits per heavy atom. The maximum atomic E-state index is 14.0. The van der Waals surface area contributed by atoms with Crippen molar-refractivity contribution >= 4 is 11.6 Å². The topological polar surface area (TPSA) is 45.5 Å². The molecule has 0 spiro atoms. The van der Waals surface area contributed by atoms with E-state index in [1.807, 2.05) is 0 Å². The zero-order valence-corrected chi connectivity index (χ0v) is 13.1. The Hall–Kier alpha value is -3.15. The molecule has 1 aromatic heterocycles. The van der Waals surface area contributed by atoms with E-state index in [4.69, 9.17) is 4.42 Å². The Kier molecular flexibility index (Phi) is 3.72. The second-order valence-corrected chi connectivity index (χ2v) is 5.77. The molecule has 126 valence electrons. The van der Waals surface area contributed by atoms with Gasteiger partial charge in [-0.2, -0.15) is 0 Å². The highest BCUT2D eigenvalue weighted by Gasteiger charge is 2.37. The monoisotopic (exact) mass is 340 g/mol. The number of anilines is 1. The van der Waals surface area contributed by atoms with Crippen molar-refractivity contribution in [2.45, 2.75) is 12.7 Å². The molecule has 3 aromatic rings. The second kappa shape index (κ2) is 6.05. The minimum Gasteiger partial charge on any atom is -0.467 e. The van der Waals surface area contributed by atoms with Gasteiger partial charge in [0.25, 0.3) is 5.91 Å². The van der Waals surface area contributed by atoms with E-state index in [-0.39, 0.29) is 18.1 Å². The van der Waals surface area contributed by atoms with Crippen LogP contribution in [0.3, 0.4) is 0 Å². The van der Waals surface area contributed by atoms with Crippen molar-refractivity contribution in [2.24, 2.45) is 0 Å². The molecule has 1 N–H and O–H groups in total. The molecule has 4 rings (SSSR count). The van der Waals surface area contributed by atoms with Crippen molar-refractivity contribution in [3.8, 4) is 0 Å². The molecule has 2 heterocycles. The van der Waals surface area contributed by atoms with Gasteiger partial charge < -0.3 is 14.6 Å². The lowest BCUT2D eigenvalue weighted by molar-refractivity contribution is 0.0715. The predicted molar refractivity (Wildman–Crippen MR) is 87.7 cm³/mol. The minimum absolute atomic E-state index is 0.000974. The number of amides is 1. The molecule has 1 atom stereocenters. The highest BCUT2D eigenvalue weighted by Crippen LogP contribution is 2.36. The molecular weight excluding hydrogens is 326 g/mol. The maximum Gasteiger partial charge on any atom is 0.256 e. The minimum atomic E-state index is -0.620. The van der Waals surface area contributed by atoms with E-state index in [9.17, 15) is 13.6 Å². The summed E-state index contributed by atoms with van der Waals surface area (Å²) in [6.07, 6.45) is 0.905. The van der Waals surface area contributed by atoms with E-state index in [2.05, 4.69) is 5.32 Å². The van der Waals surface area contributed by atoms with Crippen molar-refractivity contribution < 1.29 is 18.0 Å². The van der Waals surface area contributed by atoms with Crippen molar-refractivity contribution in [2.75, 3.05) is 5.32 Å². The molecule has 1 aliphatic heterocycles. The molecule has 25 heavy (non-hydrogen) atoms. The average molecular weight is 340 g/mol. The molecule has 0 aliphatic carbocycles. The maximum absolute atomic E-state index is 14.0. The number of fused-ring (bicyclic) bond motifs is 1. The van der Waals surface area contributed by atoms with Crippen LogP contribution in [0.15, 0.2) is 65.3 Å². The number of nitrogens with zero attached hydrogens (tertiary/aromatic N) is 1. The number of rotatable bonds is 4. The van der Waals surface area contributed by atoms with Gasteiger partial charge in [-0.25, -0.2) is 8.78 Å². The van der Waals surface area contributed by atoms with Gasteiger partial charge in [-0.15, -0.1) is 0 Å². The van der Waals surface area contributed by atoms with Crippen molar-refractivity contribution in [3.63, 3.8) is 0 Å². The summed E-state index contributed by atoms with van der Waals surface area (Å²) in [5.74, 6) is -0.732. The van der Waals surface area contributed by atoms with Crippen LogP contribution in [0.25, 0.3) is 0 Å². The standard InChI is InChI=1S/C19H14F2N2O2/c20-12-7-8-16(21)17(10-12)22-18-14-5-1-2-6-15(14)19(24)23(18)11-13-4-3-9-25-13/h1-10,18,22H,11H2. The lowest BCUT2D eigenvalue weighted by Crippen LogP contribution is -2.32. The van der Waals surface area contributed by atoms with Gasteiger partial charge in [-0.3, -0.25) is 4.79 Å². The Balaban J connectivity index is 1.72. The first-order valence-corrected chi connectivity index (χ1v) is 7.77. The second-order valence-electron chi connectivity index (χ2n) is 5.77. The van der Waals surface area contributed by atoms with Gasteiger partial charge in [0.1, 0.15) is 23.6 Å². The number of halogens is 2. The van der Waals surface area contributed by atoms with Crippen LogP contribution in [0.5, 0.6) is 0 Å². The highest BCUT2D eigenvalue weighted by molar-refractivity contribution is 5.99. The van der Waals surface area contributed by atoms with Gasteiger partial charge in [0, 0.05) is 17.2 Å². The lowest BCUT2D eigenvalue weighted by Gasteiger charge is -2.26. The molecule has 4 nitrogen and oxygen atoms in total. The molecule has 0 saturated heterocycles. The fourth-order valence-corrected chi connectivity index (χ4v) is 3.01. The van der Waals surface area contributed by atoms with E-state index in [1.165, 1.54) is 11.2 Å². The molecule has 2 aromatic carbocycles. The van der Waals surface area contributed by atoms with Crippen LogP contribution in [-0.4, -0.2) is 10.8 Å². The number of benzene rings is 2. The smallest absolute Gasteiger partial charge is 0.256 e. The van der Waals surface area contributed by atoms with E-state index >= 15 is 0 Å². The molecule has 1 unspecified atom stereocenters. The first kappa shape index (κ1) is 15.4. The molecule has 1 amide bonds. The number of hydrogen-bond donors (Lipinski definition) is 1. The SMILES string of the molecule is O=C1c2ccccc2C(Nc2cc(F)ccc2F)N1Cc1ccco1. The third kappa shape index (κ3) is 2.76. The number of carbonyl (C=O) groups is 1. The zero-order chi connectivity index (χ0) is 17.4. The Labute approximate surface area is 142 Å². The molecular formula is C19H14F2N2O2. The van der Waals surface area contributed by atoms with E-state index < -0.39 is 17.8 Å². The third-order valence-corrected chi connectivity index (χ3v) is 4.19. The summed E-state index contributed by atoms with van der Waals surface area (Å²) in [6, 6.07) is 13.8. The Morgan fingerprint density at radius 2 is 1.92 bits per heavy atom. The zero-order valence-electron chi connectivity index (χ0n) is 13.1. The predicted octanol–water partition coefficient (Wildman–Crippen LogP) is 4.32. The fraction of sp³-hybridized carbons (Fsp3) is 0.105. The third-order valence-electron chi connectivity index (χ3n) is 4.19. The summed E-state index contributed by atoms with van der Waals surface area (Å²) in [4.78, 5) is 14.3. The first-order valence-electron chi connectivity index (χ1n) is 7.77. The van der Waals surface area contributed by atoms with Crippen LogP contribution in [0, 0.1) is 11.6 Å². The Morgan fingerprint density at radius 3 is 2.72 bits per heavy atom. The number of carbonyl (C=O) groups excluding carboxylic acids is 1. The largest absolute Gasteiger partial charge is 0.467 e. The van der Waals surface area contributed by atoms with Gasteiger partial charge in [0.15, 0.2) is 0 Å². The van der Waals surface area contributed by atoms with Crippen molar-refractivity contribution in [3.05, 3.63) is 89.4 Å². The van der Waals surface area contributed by atoms with Crippen molar-refractivity contribution in [1.82, 2.24) is 4.90 Å². The number of nitrogens with one attached hydrogen (secondary N) is 1. The van der Waals surface area contributed by atoms with Crippen molar-refractivity contribution in [1.29, 1.82) is 0 Å². The van der Waals surface area contributed by atoms with Crippen LogP contribution in [0.1, 0.15) is 27.8 Å². The van der Waals surface area contributed by atoms with Gasteiger partial charge in [0.2, 0.25) is 0 Å². The van der Waals surface area contributed by atoms with Gasteiger partial charge in [-0.1, -0.05) is 18.2 Å². The van der Waals surface area contributed by atoms with Gasteiger partial charge in [-0.05, 0) is 30.3 Å². The van der Waals surface area contributed by atoms with E-state index in [1.54, 1.807) is 36.4 Å². The molecule has 0 saturated carbocycles. The normalized spacial score (nSPS) is 16.2. The lowest BCUT2D eigenvalue weighted by atomic mass is 10.1. The Bertz CT molecular complexity index is 925. The molecule has 0 bridgehead atoms. The van der Waals surface area contributed by atoms with Crippen LogP contribution >= 0.6 is 0 Å². The van der Waals surface area contributed by atoms with Crippen LogP contribution < -0.4 is 5.32 Å². The van der Waals surface area contributed by atoms with Gasteiger partial charge >= 0.3 is 0 Å². The van der Waals surface area contributed by atoms with E-state index in [0.717, 1.165) is 18.2 Å². The molecule has 6 heteroatoms. The van der Waals surface area contributed by atoms with Gasteiger partial charge in [0.05, 0.1) is 18.5 Å². The first-order chi connectivity index (χ1) is 12.1. The average Bonchev–Trinajstić information content (AvgIpc) is 3.21. The summed E-state index contributed by atoms with van der Waals surface area (Å²) in [7, 11) is 0. The van der Waals surface area contributed by atoms with E-state index in [0.29, 0.717) is 16.9 Å².